The lowest BCUT2D eigenvalue weighted by Crippen LogP contribution is -2.09. The van der Waals surface area contributed by atoms with E-state index in [0.29, 0.717) is 0 Å². The number of hydrogen-bond donors (Lipinski definition) is 0. The Hall–Kier alpha value is -7.68. The molecular weight excluding hydrogens is 703 g/mol. The highest BCUT2D eigenvalue weighted by atomic mass is 16.3. The van der Waals surface area contributed by atoms with E-state index < -0.39 is 0 Å². The summed E-state index contributed by atoms with van der Waals surface area (Å²) in [5, 5.41) is 1.10. The molecule has 10 rings (SSSR count). The van der Waals surface area contributed by atoms with E-state index in [1.165, 1.54) is 44.5 Å². The average molecular weight is 742 g/mol. The van der Waals surface area contributed by atoms with Crippen molar-refractivity contribution in [2.75, 3.05) is 4.90 Å². The molecule has 0 radical (unpaired) electrons. The second-order valence-corrected chi connectivity index (χ2v) is 14.5. The molecule has 0 bridgehead atoms. The summed E-state index contributed by atoms with van der Waals surface area (Å²) in [5.41, 5.74) is 17.1. The first kappa shape index (κ1) is 34.8. The summed E-state index contributed by atoms with van der Waals surface area (Å²) in [6.07, 6.45) is 0. The maximum Gasteiger partial charge on any atom is 0.136 e. The lowest BCUT2D eigenvalue weighted by atomic mass is 9.94. The normalized spacial score (nSPS) is 11.1. The molecule has 0 unspecified atom stereocenters. The van der Waals surface area contributed by atoms with E-state index in [9.17, 15) is 0 Å². The standard InChI is InChI=1S/C56H39NO/c1-3-13-40(14-4-1)41-23-25-42(26-24-41)43-27-33-48(34-28-43)57(49-35-29-45(30-36-49)52-19-9-8-18-51(52)44-15-5-2-6-16-44)50-37-31-46(32-38-50)53-20-10-11-21-54(53)56-39-47-17-7-12-22-55(47)58-56/h1-39H. The van der Waals surface area contributed by atoms with Gasteiger partial charge in [0.25, 0.3) is 0 Å². The molecule has 0 saturated carbocycles. The van der Waals surface area contributed by atoms with E-state index in [2.05, 4.69) is 223 Å². The Labute approximate surface area is 339 Å². The molecular formula is C56H39NO. The quantitative estimate of drug-likeness (QED) is 0.146. The topological polar surface area (TPSA) is 16.4 Å². The number of anilines is 3. The average Bonchev–Trinajstić information content (AvgIpc) is 3.75. The minimum absolute atomic E-state index is 0.867. The highest BCUT2D eigenvalue weighted by molar-refractivity contribution is 5.90. The van der Waals surface area contributed by atoms with Gasteiger partial charge in [0.2, 0.25) is 0 Å². The number of nitrogens with zero attached hydrogens (tertiary/aromatic N) is 1. The number of rotatable bonds is 9. The zero-order valence-corrected chi connectivity index (χ0v) is 31.9. The summed E-state index contributed by atoms with van der Waals surface area (Å²) in [5.74, 6) is 0.867. The fraction of sp³-hybridized carbons (Fsp3) is 0. The molecule has 9 aromatic carbocycles. The molecule has 274 valence electrons. The molecule has 0 aliphatic heterocycles. The number of benzene rings is 9. The first-order valence-electron chi connectivity index (χ1n) is 19.7. The first-order valence-corrected chi connectivity index (χ1v) is 19.7. The molecule has 58 heavy (non-hydrogen) atoms. The van der Waals surface area contributed by atoms with Crippen molar-refractivity contribution in [1.29, 1.82) is 0 Å². The van der Waals surface area contributed by atoms with Crippen molar-refractivity contribution in [3.63, 3.8) is 0 Å². The minimum Gasteiger partial charge on any atom is -0.456 e. The van der Waals surface area contributed by atoms with Crippen LogP contribution in [0.4, 0.5) is 17.1 Å². The Morgan fingerprint density at radius 1 is 0.259 bits per heavy atom. The van der Waals surface area contributed by atoms with Gasteiger partial charge in [-0.3, -0.25) is 0 Å². The van der Waals surface area contributed by atoms with Crippen molar-refractivity contribution < 1.29 is 4.42 Å². The van der Waals surface area contributed by atoms with Crippen LogP contribution in [0, 0.1) is 0 Å². The molecule has 0 fully saturated rings. The molecule has 1 heterocycles. The van der Waals surface area contributed by atoms with Gasteiger partial charge in [0, 0.05) is 28.0 Å². The first-order chi connectivity index (χ1) is 28.7. The van der Waals surface area contributed by atoms with E-state index in [4.69, 9.17) is 4.42 Å². The smallest absolute Gasteiger partial charge is 0.136 e. The lowest BCUT2D eigenvalue weighted by molar-refractivity contribution is 0.632. The monoisotopic (exact) mass is 741 g/mol. The van der Waals surface area contributed by atoms with Crippen molar-refractivity contribution in [2.45, 2.75) is 0 Å². The Bertz CT molecular complexity index is 2910. The maximum absolute atomic E-state index is 6.33. The SMILES string of the molecule is c1ccc(-c2ccc(-c3ccc(N(c4ccc(-c5ccccc5-c5ccccc5)cc4)c4ccc(-c5ccccc5-c5cc6ccccc6o5)cc4)cc3)cc2)cc1. The molecule has 0 aliphatic rings. The van der Waals surface area contributed by atoms with Crippen LogP contribution >= 0.6 is 0 Å². The molecule has 0 amide bonds. The molecule has 10 aromatic rings. The highest BCUT2D eigenvalue weighted by Crippen LogP contribution is 2.41. The summed E-state index contributed by atoms with van der Waals surface area (Å²) in [6.45, 7) is 0. The van der Waals surface area contributed by atoms with E-state index in [-0.39, 0.29) is 0 Å². The highest BCUT2D eigenvalue weighted by Gasteiger charge is 2.17. The molecule has 0 saturated heterocycles. The Morgan fingerprint density at radius 2 is 0.586 bits per heavy atom. The van der Waals surface area contributed by atoms with Gasteiger partial charge < -0.3 is 9.32 Å². The van der Waals surface area contributed by atoms with Gasteiger partial charge in [-0.15, -0.1) is 0 Å². The van der Waals surface area contributed by atoms with Crippen LogP contribution in [0.25, 0.3) is 77.9 Å². The Balaban J connectivity index is 1.01. The summed E-state index contributed by atoms with van der Waals surface area (Å²) < 4.78 is 6.33. The van der Waals surface area contributed by atoms with E-state index in [1.54, 1.807) is 0 Å². The van der Waals surface area contributed by atoms with Gasteiger partial charge in [-0.2, -0.15) is 0 Å². The predicted octanol–water partition coefficient (Wildman–Crippen LogP) is 15.9. The molecule has 0 aliphatic carbocycles. The summed E-state index contributed by atoms with van der Waals surface area (Å²) in [4.78, 5) is 2.34. The van der Waals surface area contributed by atoms with Crippen LogP contribution in [0.3, 0.4) is 0 Å². The predicted molar refractivity (Wildman–Crippen MR) is 244 cm³/mol. The fourth-order valence-electron chi connectivity index (χ4n) is 7.98. The summed E-state index contributed by atoms with van der Waals surface area (Å²) >= 11 is 0. The van der Waals surface area contributed by atoms with Gasteiger partial charge in [0.05, 0.1) is 0 Å². The van der Waals surface area contributed by atoms with Crippen LogP contribution < -0.4 is 4.90 Å². The lowest BCUT2D eigenvalue weighted by Gasteiger charge is -2.26. The number of furan rings is 1. The van der Waals surface area contributed by atoms with Crippen LogP contribution in [0.2, 0.25) is 0 Å². The number of para-hydroxylation sites is 1. The largest absolute Gasteiger partial charge is 0.456 e. The van der Waals surface area contributed by atoms with Crippen molar-refractivity contribution >= 4 is 28.0 Å². The van der Waals surface area contributed by atoms with E-state index in [0.717, 1.165) is 50.5 Å². The van der Waals surface area contributed by atoms with Gasteiger partial charge >= 0.3 is 0 Å². The molecule has 2 nitrogen and oxygen atoms in total. The van der Waals surface area contributed by atoms with Gasteiger partial charge in [0.1, 0.15) is 11.3 Å². The van der Waals surface area contributed by atoms with Gasteiger partial charge in [-0.25, -0.2) is 0 Å². The van der Waals surface area contributed by atoms with Crippen molar-refractivity contribution in [1.82, 2.24) is 0 Å². The molecule has 0 spiro atoms. The second-order valence-electron chi connectivity index (χ2n) is 14.5. The second kappa shape index (κ2) is 15.5. The van der Waals surface area contributed by atoms with Crippen LogP contribution in [-0.2, 0) is 0 Å². The zero-order chi connectivity index (χ0) is 38.7. The van der Waals surface area contributed by atoms with Gasteiger partial charge in [-0.05, 0) is 104 Å². The third-order valence-electron chi connectivity index (χ3n) is 11.0. The Morgan fingerprint density at radius 3 is 1.07 bits per heavy atom. The molecule has 2 heteroatoms. The van der Waals surface area contributed by atoms with Crippen LogP contribution in [0.15, 0.2) is 241 Å². The van der Waals surface area contributed by atoms with Crippen LogP contribution in [-0.4, -0.2) is 0 Å². The van der Waals surface area contributed by atoms with Gasteiger partial charge in [0.15, 0.2) is 0 Å². The third-order valence-corrected chi connectivity index (χ3v) is 11.0. The van der Waals surface area contributed by atoms with Crippen molar-refractivity contribution in [3.8, 4) is 67.0 Å². The van der Waals surface area contributed by atoms with E-state index >= 15 is 0 Å². The Kier molecular flexibility index (Phi) is 9.27. The minimum atomic E-state index is 0.867. The van der Waals surface area contributed by atoms with Crippen LogP contribution in [0.5, 0.6) is 0 Å². The van der Waals surface area contributed by atoms with Crippen molar-refractivity contribution in [3.05, 3.63) is 237 Å². The third kappa shape index (κ3) is 6.89. The van der Waals surface area contributed by atoms with Crippen molar-refractivity contribution in [2.24, 2.45) is 0 Å². The summed E-state index contributed by atoms with van der Waals surface area (Å²) in [6, 6.07) is 84.1. The fourth-order valence-corrected chi connectivity index (χ4v) is 7.98. The van der Waals surface area contributed by atoms with E-state index in [1.807, 2.05) is 18.2 Å². The summed E-state index contributed by atoms with van der Waals surface area (Å²) in [7, 11) is 0. The number of fused-ring (bicyclic) bond motifs is 1. The van der Waals surface area contributed by atoms with Crippen LogP contribution in [0.1, 0.15) is 0 Å². The zero-order valence-electron chi connectivity index (χ0n) is 31.9. The molecule has 0 N–H and O–H groups in total. The maximum atomic E-state index is 6.33. The van der Waals surface area contributed by atoms with Gasteiger partial charge in [-0.1, -0.05) is 188 Å². The molecule has 1 aromatic heterocycles. The number of hydrogen-bond acceptors (Lipinski definition) is 2. The molecule has 0 atom stereocenters.